The van der Waals surface area contributed by atoms with Gasteiger partial charge in [0.1, 0.15) is 18.1 Å². The minimum atomic E-state index is -3.82. The minimum absolute atomic E-state index is 0.0444. The first-order chi connectivity index (χ1) is 18.7. The number of likely N-dealkylation sites (N-methyl/N-ethyl adjacent to an activating group) is 1. The summed E-state index contributed by atoms with van der Waals surface area (Å²) in [7, 11) is -2.08. The van der Waals surface area contributed by atoms with E-state index in [1.807, 2.05) is 13.8 Å². The lowest BCUT2D eigenvalue weighted by molar-refractivity contribution is -0.125. The van der Waals surface area contributed by atoms with Gasteiger partial charge < -0.3 is 15.0 Å². The smallest absolute Gasteiger partial charge is 0.238 e. The van der Waals surface area contributed by atoms with Crippen LogP contribution in [0.2, 0.25) is 0 Å². The van der Waals surface area contributed by atoms with Crippen molar-refractivity contribution in [3.05, 3.63) is 42.0 Å². The molecule has 40 heavy (non-hydrogen) atoms. The minimum Gasteiger partial charge on any atom is -0.475 e. The summed E-state index contributed by atoms with van der Waals surface area (Å²) >= 11 is 0. The van der Waals surface area contributed by atoms with Crippen molar-refractivity contribution >= 4 is 38.2 Å². The molecule has 1 aromatic carbocycles. The number of anilines is 2. The number of sulfonamides is 1. The molecule has 1 fully saturated rings. The van der Waals surface area contributed by atoms with Crippen LogP contribution in [0.25, 0.3) is 22.0 Å². The molecule has 214 valence electrons. The van der Waals surface area contributed by atoms with Crippen molar-refractivity contribution in [2.45, 2.75) is 70.1 Å². The Morgan fingerprint density at radius 3 is 2.50 bits per heavy atom. The van der Waals surface area contributed by atoms with Gasteiger partial charge >= 0.3 is 0 Å². The fourth-order valence-electron chi connectivity index (χ4n) is 5.29. The molecule has 1 aliphatic heterocycles. The highest BCUT2D eigenvalue weighted by Crippen LogP contribution is 2.55. The monoisotopic (exact) mass is 569 g/mol. The number of ether oxygens (including phenoxy) is 1. The lowest BCUT2D eigenvalue weighted by atomic mass is 9.64. The van der Waals surface area contributed by atoms with Gasteiger partial charge in [0.25, 0.3) is 0 Å². The van der Waals surface area contributed by atoms with Crippen LogP contribution >= 0.6 is 0 Å². The molecule has 2 aliphatic rings. The highest BCUT2D eigenvalue weighted by Gasteiger charge is 2.54. The van der Waals surface area contributed by atoms with Gasteiger partial charge in [0.15, 0.2) is 0 Å². The first-order valence-electron chi connectivity index (χ1n) is 13.5. The Morgan fingerprint density at radius 1 is 1.15 bits per heavy atom. The van der Waals surface area contributed by atoms with Crippen LogP contribution in [0, 0.1) is 5.82 Å². The highest BCUT2D eigenvalue weighted by molar-refractivity contribution is 7.94. The molecule has 0 radical (unpaired) electrons. The van der Waals surface area contributed by atoms with E-state index in [9.17, 15) is 13.2 Å². The number of nitrogens with zero attached hydrogens (tertiary/aromatic N) is 3. The summed E-state index contributed by atoms with van der Waals surface area (Å²) in [5, 5.41) is 3.95. The van der Waals surface area contributed by atoms with E-state index in [0.717, 1.165) is 30.5 Å². The molecule has 0 unspecified atom stereocenters. The van der Waals surface area contributed by atoms with E-state index in [4.69, 9.17) is 4.74 Å². The van der Waals surface area contributed by atoms with Crippen molar-refractivity contribution in [2.75, 3.05) is 29.8 Å². The Morgan fingerprint density at radius 2 is 1.88 bits per heavy atom. The number of nitrogens with one attached hydrogen (secondary N) is 2. The molecule has 1 spiro atoms. The summed E-state index contributed by atoms with van der Waals surface area (Å²) in [6.45, 7) is 9.60. The number of benzene rings is 1. The third-order valence-corrected chi connectivity index (χ3v) is 9.90. The zero-order chi connectivity index (χ0) is 29.0. The van der Waals surface area contributed by atoms with Crippen LogP contribution in [-0.4, -0.2) is 55.3 Å². The van der Waals surface area contributed by atoms with Crippen molar-refractivity contribution in [1.82, 2.24) is 15.3 Å². The van der Waals surface area contributed by atoms with Gasteiger partial charge in [-0.05, 0) is 45.7 Å². The van der Waals surface area contributed by atoms with E-state index in [1.54, 1.807) is 51.0 Å². The van der Waals surface area contributed by atoms with Gasteiger partial charge in [-0.3, -0.25) is 14.5 Å². The first kappa shape index (κ1) is 28.2. The molecule has 3 heterocycles. The van der Waals surface area contributed by atoms with Crippen molar-refractivity contribution in [3.63, 3.8) is 0 Å². The van der Waals surface area contributed by atoms with Gasteiger partial charge in [-0.15, -0.1) is 0 Å². The standard InChI is InChI=1S/C29H36FN5O4S/c1-17(2)31-10-11-39-26-23(34-40(37,38)28(3,4)5)12-18(15-33-26)19-13-20-22(14-21(19)30)32-16-24-25(20)29(8-7-9-29)27(36)35(24)6/h12-17,31,34H,7-11H2,1-6H3. The summed E-state index contributed by atoms with van der Waals surface area (Å²) in [4.78, 5) is 23.7. The summed E-state index contributed by atoms with van der Waals surface area (Å²) in [6.07, 6.45) is 5.55. The van der Waals surface area contributed by atoms with E-state index in [2.05, 4.69) is 20.0 Å². The topological polar surface area (TPSA) is 114 Å². The predicted molar refractivity (Wildman–Crippen MR) is 155 cm³/mol. The lowest BCUT2D eigenvalue weighted by Crippen LogP contribution is -2.43. The van der Waals surface area contributed by atoms with Crippen LogP contribution < -0.4 is 19.7 Å². The van der Waals surface area contributed by atoms with Crippen molar-refractivity contribution in [3.8, 4) is 17.0 Å². The van der Waals surface area contributed by atoms with Gasteiger partial charge in [-0.25, -0.2) is 17.8 Å². The number of carbonyl (C=O) groups excluding carboxylic acids is 1. The van der Waals surface area contributed by atoms with Crippen LogP contribution in [0.15, 0.2) is 30.6 Å². The second-order valence-corrected chi connectivity index (χ2v) is 14.4. The number of amides is 1. The predicted octanol–water partition coefficient (Wildman–Crippen LogP) is 4.75. The molecule has 5 rings (SSSR count). The van der Waals surface area contributed by atoms with Gasteiger partial charge in [-0.1, -0.05) is 20.3 Å². The third-order valence-electron chi connectivity index (χ3n) is 7.80. The molecule has 11 heteroatoms. The maximum Gasteiger partial charge on any atom is 0.238 e. The number of hydrogen-bond donors (Lipinski definition) is 2. The quantitative estimate of drug-likeness (QED) is 0.377. The van der Waals surface area contributed by atoms with Gasteiger partial charge in [0.2, 0.25) is 21.8 Å². The first-order valence-corrected chi connectivity index (χ1v) is 15.0. The average molecular weight is 570 g/mol. The number of carbonyl (C=O) groups is 1. The Balaban J connectivity index is 1.60. The Labute approximate surface area is 234 Å². The summed E-state index contributed by atoms with van der Waals surface area (Å²) < 4.78 is 49.0. The summed E-state index contributed by atoms with van der Waals surface area (Å²) in [5.74, 6) is -0.379. The molecule has 1 saturated carbocycles. The molecule has 2 N–H and O–H groups in total. The zero-order valence-corrected chi connectivity index (χ0v) is 24.6. The summed E-state index contributed by atoms with van der Waals surface area (Å²) in [5.41, 5.74) is 2.22. The normalized spacial score (nSPS) is 16.5. The fraction of sp³-hybridized carbons (Fsp3) is 0.483. The van der Waals surface area contributed by atoms with Crippen LogP contribution in [-0.2, 0) is 20.2 Å². The number of rotatable bonds is 8. The van der Waals surface area contributed by atoms with Crippen molar-refractivity contribution in [2.24, 2.45) is 0 Å². The Kier molecular flexibility index (Phi) is 7.02. The molecule has 0 saturated heterocycles. The summed E-state index contributed by atoms with van der Waals surface area (Å²) in [6, 6.07) is 4.87. The van der Waals surface area contributed by atoms with Crippen molar-refractivity contribution < 1.29 is 22.3 Å². The van der Waals surface area contributed by atoms with Crippen LogP contribution in [0.1, 0.15) is 59.4 Å². The van der Waals surface area contributed by atoms with E-state index < -0.39 is 26.0 Å². The van der Waals surface area contributed by atoms with Crippen LogP contribution in [0.5, 0.6) is 5.88 Å². The molecule has 1 aliphatic carbocycles. The number of hydrogen-bond acceptors (Lipinski definition) is 7. The molecule has 0 atom stereocenters. The molecule has 9 nitrogen and oxygen atoms in total. The molecular formula is C29H36FN5O4S. The molecule has 1 amide bonds. The number of halogens is 1. The van der Waals surface area contributed by atoms with E-state index in [1.165, 1.54) is 12.3 Å². The van der Waals surface area contributed by atoms with Crippen LogP contribution in [0.4, 0.5) is 15.8 Å². The third kappa shape index (κ3) is 4.68. The number of pyridine rings is 2. The maximum atomic E-state index is 15.6. The lowest BCUT2D eigenvalue weighted by Gasteiger charge is -2.37. The zero-order valence-electron chi connectivity index (χ0n) is 23.8. The average Bonchev–Trinajstić information content (AvgIpc) is 3.08. The van der Waals surface area contributed by atoms with E-state index in [0.29, 0.717) is 23.0 Å². The molecule has 0 bridgehead atoms. The van der Waals surface area contributed by atoms with Gasteiger partial charge in [0.05, 0.1) is 27.6 Å². The van der Waals surface area contributed by atoms with Gasteiger partial charge in [0, 0.05) is 54.0 Å². The molecule has 2 aromatic heterocycles. The highest BCUT2D eigenvalue weighted by atomic mass is 32.2. The van der Waals surface area contributed by atoms with E-state index in [-0.39, 0.29) is 35.7 Å². The van der Waals surface area contributed by atoms with Crippen LogP contribution in [0.3, 0.4) is 0 Å². The maximum absolute atomic E-state index is 15.6. The largest absolute Gasteiger partial charge is 0.475 e. The fourth-order valence-corrected chi connectivity index (χ4v) is 6.04. The second-order valence-electron chi connectivity index (χ2n) is 11.9. The second kappa shape index (κ2) is 9.95. The SMILES string of the molecule is CC(C)NCCOc1ncc(-c2cc3c4c(cnc3cc2F)N(C)C(=O)C42CCC2)cc1NS(=O)(=O)C(C)(C)C. The van der Waals surface area contributed by atoms with E-state index >= 15 is 4.39 Å². The number of aromatic nitrogens is 2. The molecular weight excluding hydrogens is 533 g/mol. The molecule has 3 aromatic rings. The Bertz CT molecular complexity index is 1600. The number of fused-ring (bicyclic) bond motifs is 4. The van der Waals surface area contributed by atoms with Crippen molar-refractivity contribution in [1.29, 1.82) is 0 Å². The van der Waals surface area contributed by atoms with Gasteiger partial charge in [-0.2, -0.15) is 0 Å². The Hall–Kier alpha value is -3.31.